The lowest BCUT2D eigenvalue weighted by Crippen LogP contribution is -2.41. The van der Waals surface area contributed by atoms with Crippen LogP contribution in [-0.2, 0) is 9.59 Å². The quantitative estimate of drug-likeness (QED) is 0.668. The van der Waals surface area contributed by atoms with Gasteiger partial charge in [-0.2, -0.15) is 0 Å². The van der Waals surface area contributed by atoms with Crippen molar-refractivity contribution in [2.75, 3.05) is 7.11 Å². The van der Waals surface area contributed by atoms with Crippen LogP contribution < -0.4 is 15.6 Å². The van der Waals surface area contributed by atoms with Crippen LogP contribution in [-0.4, -0.2) is 30.0 Å². The van der Waals surface area contributed by atoms with E-state index in [1.807, 2.05) is 0 Å². The third kappa shape index (κ3) is 5.82. The fourth-order valence-electron chi connectivity index (χ4n) is 1.47. The van der Waals surface area contributed by atoms with Gasteiger partial charge in [0.1, 0.15) is 5.75 Å². The molecule has 0 spiro atoms. The number of hydrogen-bond acceptors (Lipinski definition) is 4. The summed E-state index contributed by atoms with van der Waals surface area (Å²) in [7, 11) is 1.51. The molecule has 0 bridgehead atoms. The van der Waals surface area contributed by atoms with Crippen LogP contribution >= 0.6 is 15.9 Å². The summed E-state index contributed by atoms with van der Waals surface area (Å²) in [6.45, 7) is 0. The van der Waals surface area contributed by atoms with Crippen LogP contribution in [0.5, 0.6) is 5.75 Å². The zero-order valence-electron chi connectivity index (χ0n) is 11.3. The van der Waals surface area contributed by atoms with Gasteiger partial charge in [0.15, 0.2) is 0 Å². The van der Waals surface area contributed by atoms with Gasteiger partial charge in [-0.15, -0.1) is 0 Å². The Morgan fingerprint density at radius 3 is 2.52 bits per heavy atom. The SMILES string of the molecule is COc1ccc(C(=O)NNC(=O)CCCC(=O)O)cc1Br. The third-order valence-corrected chi connectivity index (χ3v) is 3.14. The van der Waals surface area contributed by atoms with Crippen molar-refractivity contribution in [1.29, 1.82) is 0 Å². The highest BCUT2D eigenvalue weighted by atomic mass is 79.9. The van der Waals surface area contributed by atoms with E-state index in [2.05, 4.69) is 26.8 Å². The number of aliphatic carboxylic acids is 1. The number of hydrogen-bond donors (Lipinski definition) is 3. The van der Waals surface area contributed by atoms with E-state index in [-0.39, 0.29) is 19.3 Å². The maximum Gasteiger partial charge on any atom is 0.303 e. The van der Waals surface area contributed by atoms with Crippen LogP contribution in [0.2, 0.25) is 0 Å². The number of carbonyl (C=O) groups is 3. The van der Waals surface area contributed by atoms with Crippen LogP contribution in [0.4, 0.5) is 0 Å². The highest BCUT2D eigenvalue weighted by molar-refractivity contribution is 9.10. The Morgan fingerprint density at radius 1 is 1.24 bits per heavy atom. The van der Waals surface area contributed by atoms with Crippen molar-refractivity contribution >= 4 is 33.7 Å². The summed E-state index contributed by atoms with van der Waals surface area (Å²) in [5.74, 6) is -1.30. The van der Waals surface area contributed by atoms with E-state index in [4.69, 9.17) is 9.84 Å². The maximum absolute atomic E-state index is 11.8. The van der Waals surface area contributed by atoms with Crippen molar-refractivity contribution in [1.82, 2.24) is 10.9 Å². The molecule has 114 valence electrons. The van der Waals surface area contributed by atoms with Crippen molar-refractivity contribution in [2.24, 2.45) is 0 Å². The van der Waals surface area contributed by atoms with Crippen LogP contribution in [0, 0.1) is 0 Å². The molecule has 1 aromatic carbocycles. The molecule has 8 heteroatoms. The van der Waals surface area contributed by atoms with Gasteiger partial charge in [0.2, 0.25) is 5.91 Å². The van der Waals surface area contributed by atoms with Gasteiger partial charge in [-0.3, -0.25) is 25.2 Å². The number of methoxy groups -OCH3 is 1. The molecule has 0 saturated carbocycles. The fraction of sp³-hybridized carbons (Fsp3) is 0.308. The monoisotopic (exact) mass is 358 g/mol. The maximum atomic E-state index is 11.8. The van der Waals surface area contributed by atoms with Crippen molar-refractivity contribution in [3.63, 3.8) is 0 Å². The summed E-state index contributed by atoms with van der Waals surface area (Å²) in [5, 5.41) is 8.45. The normalized spacial score (nSPS) is 9.81. The number of carboxylic acids is 1. The molecular weight excluding hydrogens is 344 g/mol. The van der Waals surface area contributed by atoms with Crippen molar-refractivity contribution in [3.8, 4) is 5.75 Å². The molecule has 0 aromatic heterocycles. The molecule has 21 heavy (non-hydrogen) atoms. The Balaban J connectivity index is 2.45. The van der Waals surface area contributed by atoms with E-state index in [1.54, 1.807) is 18.2 Å². The second-order valence-corrected chi connectivity index (χ2v) is 4.95. The average Bonchev–Trinajstić information content (AvgIpc) is 2.44. The number of amides is 2. The first-order valence-corrected chi connectivity index (χ1v) is 6.88. The van der Waals surface area contributed by atoms with Gasteiger partial charge in [-0.05, 0) is 40.5 Å². The van der Waals surface area contributed by atoms with Gasteiger partial charge in [0.25, 0.3) is 5.91 Å². The summed E-state index contributed by atoms with van der Waals surface area (Å²) in [5.41, 5.74) is 4.82. The number of nitrogens with one attached hydrogen (secondary N) is 2. The molecule has 0 aliphatic rings. The number of ether oxygens (including phenoxy) is 1. The molecule has 1 aromatic rings. The first-order valence-electron chi connectivity index (χ1n) is 6.08. The lowest BCUT2D eigenvalue weighted by atomic mass is 10.2. The number of halogens is 1. The summed E-state index contributed by atoms with van der Waals surface area (Å²) in [4.78, 5) is 33.5. The van der Waals surface area contributed by atoms with Gasteiger partial charge in [-0.25, -0.2) is 0 Å². The molecule has 0 aliphatic heterocycles. The molecule has 1 rings (SSSR count). The Hall–Kier alpha value is -2.09. The van der Waals surface area contributed by atoms with Crippen LogP contribution in [0.1, 0.15) is 29.6 Å². The Morgan fingerprint density at radius 2 is 1.95 bits per heavy atom. The largest absolute Gasteiger partial charge is 0.496 e. The van der Waals surface area contributed by atoms with Crippen LogP contribution in [0.15, 0.2) is 22.7 Å². The van der Waals surface area contributed by atoms with Gasteiger partial charge in [-0.1, -0.05) is 0 Å². The number of hydrazine groups is 1. The zero-order chi connectivity index (χ0) is 15.8. The Kier molecular flexibility index (Phi) is 6.67. The van der Waals surface area contributed by atoms with E-state index in [0.29, 0.717) is 15.8 Å². The standard InChI is InChI=1S/C13H15BrN2O5/c1-21-10-6-5-8(7-9(10)14)13(20)16-15-11(17)3-2-4-12(18)19/h5-7H,2-4H2,1H3,(H,15,17)(H,16,20)(H,18,19). The van der Waals surface area contributed by atoms with Crippen molar-refractivity contribution < 1.29 is 24.2 Å². The molecule has 3 N–H and O–H groups in total. The van der Waals surface area contributed by atoms with Crippen LogP contribution in [0.25, 0.3) is 0 Å². The minimum absolute atomic E-state index is 0.0267. The smallest absolute Gasteiger partial charge is 0.303 e. The summed E-state index contributed by atoms with van der Waals surface area (Å²) in [6, 6.07) is 4.73. The number of rotatable bonds is 6. The minimum Gasteiger partial charge on any atom is -0.496 e. The Bertz CT molecular complexity index is 547. The molecule has 7 nitrogen and oxygen atoms in total. The summed E-state index contributed by atoms with van der Waals surface area (Å²) >= 11 is 3.26. The molecule has 0 atom stereocenters. The molecular formula is C13H15BrN2O5. The molecule has 0 fully saturated rings. The second kappa shape index (κ2) is 8.25. The minimum atomic E-state index is -0.963. The molecule has 0 unspecified atom stereocenters. The molecule has 2 amide bonds. The molecule has 0 aliphatic carbocycles. The van der Waals surface area contributed by atoms with Gasteiger partial charge < -0.3 is 9.84 Å². The predicted molar refractivity (Wildman–Crippen MR) is 77.8 cm³/mol. The molecule has 0 heterocycles. The predicted octanol–water partition coefficient (Wildman–Crippen LogP) is 1.47. The molecule has 0 saturated heterocycles. The van der Waals surface area contributed by atoms with E-state index < -0.39 is 17.8 Å². The van der Waals surface area contributed by atoms with E-state index in [1.165, 1.54) is 7.11 Å². The lowest BCUT2D eigenvalue weighted by Gasteiger charge is -2.08. The number of benzene rings is 1. The Labute approximate surface area is 129 Å². The summed E-state index contributed by atoms with van der Waals surface area (Å²) in [6.07, 6.45) is 0.150. The first kappa shape index (κ1) is 17.0. The van der Waals surface area contributed by atoms with Gasteiger partial charge in [0.05, 0.1) is 11.6 Å². The van der Waals surface area contributed by atoms with Crippen LogP contribution in [0.3, 0.4) is 0 Å². The number of carbonyl (C=O) groups excluding carboxylic acids is 2. The number of carboxylic acid groups (broad SMARTS) is 1. The third-order valence-electron chi connectivity index (χ3n) is 2.52. The van der Waals surface area contributed by atoms with Gasteiger partial charge in [0, 0.05) is 18.4 Å². The highest BCUT2D eigenvalue weighted by Gasteiger charge is 2.10. The van der Waals surface area contributed by atoms with Crippen molar-refractivity contribution in [2.45, 2.75) is 19.3 Å². The van der Waals surface area contributed by atoms with Crippen molar-refractivity contribution in [3.05, 3.63) is 28.2 Å². The average molecular weight is 359 g/mol. The van der Waals surface area contributed by atoms with E-state index in [0.717, 1.165) is 0 Å². The van der Waals surface area contributed by atoms with Gasteiger partial charge >= 0.3 is 5.97 Å². The first-order chi connectivity index (χ1) is 9.93. The lowest BCUT2D eigenvalue weighted by molar-refractivity contribution is -0.137. The van der Waals surface area contributed by atoms with E-state index >= 15 is 0 Å². The summed E-state index contributed by atoms with van der Waals surface area (Å²) < 4.78 is 5.66. The topological polar surface area (TPSA) is 105 Å². The second-order valence-electron chi connectivity index (χ2n) is 4.10. The zero-order valence-corrected chi connectivity index (χ0v) is 12.9. The van der Waals surface area contributed by atoms with E-state index in [9.17, 15) is 14.4 Å². The fourth-order valence-corrected chi connectivity index (χ4v) is 2.01. The molecule has 0 radical (unpaired) electrons. The highest BCUT2D eigenvalue weighted by Crippen LogP contribution is 2.25.